The fraction of sp³-hybridized carbons (Fsp3) is 0.364. The van der Waals surface area contributed by atoms with E-state index in [1.54, 1.807) is 0 Å². The summed E-state index contributed by atoms with van der Waals surface area (Å²) in [6.45, 7) is 1.90. The highest BCUT2D eigenvalue weighted by atomic mass is 127. The van der Waals surface area contributed by atoms with Crippen LogP contribution < -0.4 is 11.1 Å². The third kappa shape index (κ3) is 4.80. The van der Waals surface area contributed by atoms with Gasteiger partial charge in [-0.2, -0.15) is 0 Å². The third-order valence-corrected chi connectivity index (χ3v) is 4.36. The average Bonchev–Trinajstić information content (AvgIpc) is 2.21. The Labute approximate surface area is 117 Å². The maximum atomic E-state index is 11.5. The Morgan fingerprint density at radius 3 is 2.88 bits per heavy atom. The fourth-order valence-corrected chi connectivity index (χ4v) is 1.92. The Bertz CT molecular complexity index is 382. The molecule has 0 aromatic heterocycles. The van der Waals surface area contributed by atoms with E-state index in [4.69, 9.17) is 5.73 Å². The van der Waals surface area contributed by atoms with Crippen molar-refractivity contribution in [3.8, 4) is 0 Å². The van der Waals surface area contributed by atoms with Gasteiger partial charge in [0.05, 0.1) is 0 Å². The van der Waals surface area contributed by atoms with Crippen molar-refractivity contribution in [3.05, 3.63) is 26.2 Å². The number of nitrogens with two attached hydrogens (primary N) is 1. The standard InChI is InChI=1S/C11H14BrIN2O/c1-7(14)2-5-11(16)15-8-3-4-9(12)10(13)6-8/h3-4,6-7H,2,5,14H2,1H3,(H,15,16). The van der Waals surface area contributed by atoms with E-state index in [-0.39, 0.29) is 11.9 Å². The molecule has 88 valence electrons. The van der Waals surface area contributed by atoms with Crippen LogP contribution in [0.4, 0.5) is 5.69 Å². The van der Waals surface area contributed by atoms with Gasteiger partial charge in [0.1, 0.15) is 0 Å². The van der Waals surface area contributed by atoms with Crippen LogP contribution in [0.2, 0.25) is 0 Å². The number of carbonyl (C=O) groups is 1. The van der Waals surface area contributed by atoms with E-state index in [0.29, 0.717) is 12.8 Å². The molecule has 0 bridgehead atoms. The highest BCUT2D eigenvalue weighted by molar-refractivity contribution is 14.1. The first kappa shape index (κ1) is 13.9. The molecule has 3 N–H and O–H groups in total. The van der Waals surface area contributed by atoms with Gasteiger partial charge in [-0.05, 0) is 70.1 Å². The lowest BCUT2D eigenvalue weighted by molar-refractivity contribution is -0.116. The zero-order valence-corrected chi connectivity index (χ0v) is 12.7. The number of benzene rings is 1. The van der Waals surface area contributed by atoms with Crippen molar-refractivity contribution in [1.82, 2.24) is 0 Å². The molecule has 0 saturated heterocycles. The molecule has 1 rings (SSSR count). The first-order valence-corrected chi connectivity index (χ1v) is 6.86. The molecule has 1 aromatic rings. The highest BCUT2D eigenvalue weighted by Gasteiger charge is 2.05. The molecule has 1 aromatic carbocycles. The van der Waals surface area contributed by atoms with E-state index >= 15 is 0 Å². The molecule has 0 aliphatic rings. The van der Waals surface area contributed by atoms with E-state index in [2.05, 4.69) is 43.8 Å². The molecule has 5 heteroatoms. The second kappa shape index (κ2) is 6.56. The van der Waals surface area contributed by atoms with E-state index in [9.17, 15) is 4.79 Å². The van der Waals surface area contributed by atoms with Crippen LogP contribution in [0.1, 0.15) is 19.8 Å². The van der Waals surface area contributed by atoms with Gasteiger partial charge in [0, 0.05) is 26.2 Å². The predicted octanol–water partition coefficient (Wildman–Crippen LogP) is 3.12. The maximum Gasteiger partial charge on any atom is 0.224 e. The zero-order chi connectivity index (χ0) is 12.1. The van der Waals surface area contributed by atoms with Gasteiger partial charge in [-0.3, -0.25) is 4.79 Å². The van der Waals surface area contributed by atoms with Crippen molar-refractivity contribution >= 4 is 50.1 Å². The maximum absolute atomic E-state index is 11.5. The number of carbonyl (C=O) groups excluding carboxylic acids is 1. The van der Waals surface area contributed by atoms with Gasteiger partial charge in [0.2, 0.25) is 5.91 Å². The Morgan fingerprint density at radius 1 is 1.62 bits per heavy atom. The van der Waals surface area contributed by atoms with Crippen LogP contribution in [0.3, 0.4) is 0 Å². The molecule has 1 amide bonds. The van der Waals surface area contributed by atoms with Crippen molar-refractivity contribution in [2.24, 2.45) is 5.73 Å². The minimum Gasteiger partial charge on any atom is -0.328 e. The zero-order valence-electron chi connectivity index (χ0n) is 8.97. The molecule has 16 heavy (non-hydrogen) atoms. The fourth-order valence-electron chi connectivity index (χ4n) is 1.16. The van der Waals surface area contributed by atoms with Crippen LogP contribution in [0, 0.1) is 3.57 Å². The normalized spacial score (nSPS) is 12.2. The second-order valence-electron chi connectivity index (χ2n) is 3.69. The third-order valence-electron chi connectivity index (χ3n) is 2.03. The Balaban J connectivity index is 2.53. The topological polar surface area (TPSA) is 55.1 Å². The summed E-state index contributed by atoms with van der Waals surface area (Å²) in [5.41, 5.74) is 6.41. The summed E-state index contributed by atoms with van der Waals surface area (Å²) in [5.74, 6) is 0.00965. The van der Waals surface area contributed by atoms with Crippen molar-refractivity contribution in [1.29, 1.82) is 0 Å². The molecule has 0 saturated carbocycles. The summed E-state index contributed by atoms with van der Waals surface area (Å²) < 4.78 is 2.10. The summed E-state index contributed by atoms with van der Waals surface area (Å²) in [6.07, 6.45) is 1.17. The number of hydrogen-bond acceptors (Lipinski definition) is 2. The number of halogens is 2. The van der Waals surface area contributed by atoms with E-state index in [1.807, 2.05) is 25.1 Å². The lowest BCUT2D eigenvalue weighted by atomic mass is 10.2. The minimum atomic E-state index is 0.00965. The monoisotopic (exact) mass is 396 g/mol. The molecule has 1 atom stereocenters. The molecule has 0 aliphatic heterocycles. The first-order chi connectivity index (χ1) is 7.49. The molecule has 0 radical (unpaired) electrons. The summed E-state index contributed by atoms with van der Waals surface area (Å²) >= 11 is 5.62. The largest absolute Gasteiger partial charge is 0.328 e. The first-order valence-electron chi connectivity index (χ1n) is 4.99. The van der Waals surface area contributed by atoms with E-state index in [1.165, 1.54) is 0 Å². The molecule has 0 fully saturated rings. The van der Waals surface area contributed by atoms with Crippen molar-refractivity contribution in [3.63, 3.8) is 0 Å². The highest BCUT2D eigenvalue weighted by Crippen LogP contribution is 2.22. The van der Waals surface area contributed by atoms with Crippen molar-refractivity contribution in [2.45, 2.75) is 25.8 Å². The molecule has 0 spiro atoms. The Hall–Kier alpha value is -0.140. The molecule has 0 heterocycles. The summed E-state index contributed by atoms with van der Waals surface area (Å²) in [7, 11) is 0. The van der Waals surface area contributed by atoms with E-state index in [0.717, 1.165) is 13.7 Å². The van der Waals surface area contributed by atoms with Crippen molar-refractivity contribution < 1.29 is 4.79 Å². The summed E-state index contributed by atoms with van der Waals surface area (Å²) in [6, 6.07) is 5.78. The number of hydrogen-bond donors (Lipinski definition) is 2. The SMILES string of the molecule is CC(N)CCC(=O)Nc1ccc(Br)c(I)c1. The number of nitrogens with one attached hydrogen (secondary N) is 1. The molecule has 0 aliphatic carbocycles. The van der Waals surface area contributed by atoms with Crippen LogP contribution in [-0.4, -0.2) is 11.9 Å². The number of rotatable bonds is 4. The van der Waals surface area contributed by atoms with E-state index < -0.39 is 0 Å². The van der Waals surface area contributed by atoms with Gasteiger partial charge in [-0.1, -0.05) is 0 Å². The van der Waals surface area contributed by atoms with Crippen LogP contribution in [0.25, 0.3) is 0 Å². The van der Waals surface area contributed by atoms with Gasteiger partial charge in [0.25, 0.3) is 0 Å². The summed E-state index contributed by atoms with van der Waals surface area (Å²) in [5, 5.41) is 2.85. The lowest BCUT2D eigenvalue weighted by Gasteiger charge is -2.07. The summed E-state index contributed by atoms with van der Waals surface area (Å²) in [4.78, 5) is 11.5. The van der Waals surface area contributed by atoms with Crippen LogP contribution in [0.5, 0.6) is 0 Å². The number of amides is 1. The van der Waals surface area contributed by atoms with Gasteiger partial charge < -0.3 is 11.1 Å². The Morgan fingerprint density at radius 2 is 2.31 bits per heavy atom. The van der Waals surface area contributed by atoms with Crippen LogP contribution in [0.15, 0.2) is 22.7 Å². The quantitative estimate of drug-likeness (QED) is 0.768. The van der Waals surface area contributed by atoms with Crippen LogP contribution >= 0.6 is 38.5 Å². The Kier molecular flexibility index (Phi) is 5.71. The molecular weight excluding hydrogens is 383 g/mol. The molecular formula is C11H14BrIN2O. The molecule has 1 unspecified atom stereocenters. The minimum absolute atomic E-state index is 0.00965. The average molecular weight is 397 g/mol. The van der Waals surface area contributed by atoms with Crippen molar-refractivity contribution in [2.75, 3.05) is 5.32 Å². The lowest BCUT2D eigenvalue weighted by Crippen LogP contribution is -2.19. The predicted molar refractivity (Wildman–Crippen MR) is 78.4 cm³/mol. The smallest absolute Gasteiger partial charge is 0.224 e. The van der Waals surface area contributed by atoms with Gasteiger partial charge >= 0.3 is 0 Å². The van der Waals surface area contributed by atoms with Gasteiger partial charge in [-0.15, -0.1) is 0 Å². The van der Waals surface area contributed by atoms with Gasteiger partial charge in [-0.25, -0.2) is 0 Å². The molecule has 3 nitrogen and oxygen atoms in total. The van der Waals surface area contributed by atoms with Crippen LogP contribution in [-0.2, 0) is 4.79 Å². The number of anilines is 1. The second-order valence-corrected chi connectivity index (χ2v) is 5.71. The van der Waals surface area contributed by atoms with Gasteiger partial charge in [0.15, 0.2) is 0 Å².